The Hall–Kier alpha value is -0.460. The third-order valence-corrected chi connectivity index (χ3v) is 7.41. The van der Waals surface area contributed by atoms with Gasteiger partial charge in [0.15, 0.2) is 0 Å². The molecule has 142 valence electrons. The Balaban J connectivity index is 2.23. The minimum absolute atomic E-state index is 0.114. The molecule has 0 saturated heterocycles. The van der Waals surface area contributed by atoms with Crippen LogP contribution in [0.3, 0.4) is 0 Å². The van der Waals surface area contributed by atoms with Crippen molar-refractivity contribution < 1.29 is 27.4 Å². The van der Waals surface area contributed by atoms with Crippen LogP contribution in [0.15, 0.2) is 27.1 Å². The molecule has 0 spiro atoms. The zero-order valence-electron chi connectivity index (χ0n) is 14.2. The van der Waals surface area contributed by atoms with E-state index in [4.69, 9.17) is 24.1 Å². The molecule has 2 rings (SSSR count). The van der Waals surface area contributed by atoms with Crippen molar-refractivity contribution in [2.24, 2.45) is 5.14 Å². The largest absolute Gasteiger partial charge is 0.376 e. The maximum Gasteiger partial charge on any atom is 0.271 e. The zero-order chi connectivity index (χ0) is 18.4. The Morgan fingerprint density at radius 1 is 1.52 bits per heavy atom. The first-order chi connectivity index (χ1) is 11.9. The Bertz CT molecular complexity index is 675. The molecule has 2 N–H and O–H groups in total. The monoisotopic (exact) mass is 409 g/mol. The topological polar surface area (TPSA) is 97.1 Å². The van der Waals surface area contributed by atoms with Crippen LogP contribution < -0.4 is 5.14 Å². The lowest BCUT2D eigenvalue weighted by Crippen LogP contribution is -2.27. The second kappa shape index (κ2) is 9.47. The second-order valence-electron chi connectivity index (χ2n) is 5.26. The van der Waals surface area contributed by atoms with E-state index >= 15 is 0 Å². The summed E-state index contributed by atoms with van der Waals surface area (Å²) < 4.78 is 46.4. The van der Waals surface area contributed by atoms with Gasteiger partial charge in [0.05, 0.1) is 23.5 Å². The van der Waals surface area contributed by atoms with Gasteiger partial charge in [0, 0.05) is 24.5 Å². The molecule has 7 nitrogen and oxygen atoms in total. The van der Waals surface area contributed by atoms with Crippen molar-refractivity contribution in [3.8, 4) is 0 Å². The van der Waals surface area contributed by atoms with E-state index in [1.54, 1.807) is 23.9 Å². The minimum atomic E-state index is -3.76. The molecule has 0 aliphatic carbocycles. The lowest BCUT2D eigenvalue weighted by atomic mass is 10.1. The normalized spacial score (nSPS) is 21.7. The molecule has 0 bridgehead atoms. The van der Waals surface area contributed by atoms with Crippen LogP contribution in [0.1, 0.15) is 25.0 Å². The maximum absolute atomic E-state index is 11.7. The van der Waals surface area contributed by atoms with Crippen LogP contribution in [-0.2, 0) is 29.0 Å². The molecule has 3 unspecified atom stereocenters. The summed E-state index contributed by atoms with van der Waals surface area (Å²) in [6, 6.07) is 1.58. The van der Waals surface area contributed by atoms with E-state index in [0.29, 0.717) is 26.2 Å². The zero-order valence-corrected chi connectivity index (χ0v) is 16.6. The first-order valence-corrected chi connectivity index (χ1v) is 10.9. The van der Waals surface area contributed by atoms with Crippen molar-refractivity contribution in [3.05, 3.63) is 24.3 Å². The van der Waals surface area contributed by atoms with Crippen LogP contribution in [0.4, 0.5) is 0 Å². The lowest BCUT2D eigenvalue weighted by molar-refractivity contribution is -0.295. The summed E-state index contributed by atoms with van der Waals surface area (Å²) in [5, 5.41) is 5.38. The number of fused-ring (bicyclic) bond motifs is 1. The number of thiophene rings is 1. The molecule has 10 heteroatoms. The highest BCUT2D eigenvalue weighted by atomic mass is 32.3. The van der Waals surface area contributed by atoms with E-state index in [0.717, 1.165) is 21.1 Å². The highest BCUT2D eigenvalue weighted by molar-refractivity contribution is 8.02. The van der Waals surface area contributed by atoms with Crippen molar-refractivity contribution in [2.75, 3.05) is 26.9 Å². The smallest absolute Gasteiger partial charge is 0.271 e. The molecule has 1 aliphatic rings. The van der Waals surface area contributed by atoms with E-state index in [-0.39, 0.29) is 15.6 Å². The number of ether oxygens (including phenoxy) is 4. The average molecular weight is 410 g/mol. The Kier molecular flexibility index (Phi) is 7.90. The quantitative estimate of drug-likeness (QED) is 0.360. The number of primary sulfonamides is 1. The van der Waals surface area contributed by atoms with Gasteiger partial charge < -0.3 is 18.9 Å². The Morgan fingerprint density at radius 2 is 2.28 bits per heavy atom. The van der Waals surface area contributed by atoms with Gasteiger partial charge in [0.1, 0.15) is 4.21 Å². The molecule has 3 atom stereocenters. The van der Waals surface area contributed by atoms with Gasteiger partial charge >= 0.3 is 0 Å². The molecule has 2 heterocycles. The van der Waals surface area contributed by atoms with Crippen LogP contribution in [0.25, 0.3) is 0 Å². The van der Waals surface area contributed by atoms with Crippen LogP contribution in [0, 0.1) is 0 Å². The maximum atomic E-state index is 11.7. The highest BCUT2D eigenvalue weighted by Crippen LogP contribution is 2.48. The Morgan fingerprint density at radius 3 is 2.88 bits per heavy atom. The van der Waals surface area contributed by atoms with Crippen molar-refractivity contribution >= 4 is 33.1 Å². The summed E-state index contributed by atoms with van der Waals surface area (Å²) in [5.74, 6) is 0. The molecular formula is C15H23NO6S3. The van der Waals surface area contributed by atoms with Gasteiger partial charge in [-0.1, -0.05) is 6.08 Å². The van der Waals surface area contributed by atoms with E-state index in [2.05, 4.69) is 6.58 Å². The summed E-state index contributed by atoms with van der Waals surface area (Å²) in [7, 11) is -2.27. The van der Waals surface area contributed by atoms with Gasteiger partial charge in [-0.3, -0.25) is 0 Å². The van der Waals surface area contributed by atoms with Crippen molar-refractivity contribution in [3.63, 3.8) is 0 Å². The Labute approximate surface area is 156 Å². The first kappa shape index (κ1) is 20.8. The van der Waals surface area contributed by atoms with Gasteiger partial charge in [-0.25, -0.2) is 13.6 Å². The third kappa shape index (κ3) is 5.76. The second-order valence-corrected chi connectivity index (χ2v) is 9.67. The fourth-order valence-electron chi connectivity index (χ4n) is 2.33. The van der Waals surface area contributed by atoms with Crippen molar-refractivity contribution in [1.29, 1.82) is 0 Å². The SMILES string of the molecule is C=CCOCC1CC(OC(OC)OCC)c2cc(S(N)(=O)=O)sc2S1. The summed E-state index contributed by atoms with van der Waals surface area (Å²) in [4.78, 5) is 0. The summed E-state index contributed by atoms with van der Waals surface area (Å²) in [6.45, 7) is 6.05. The number of nitrogens with two attached hydrogens (primary N) is 1. The fourth-order valence-corrected chi connectivity index (χ4v) is 6.11. The van der Waals surface area contributed by atoms with Gasteiger partial charge in [-0.05, 0) is 19.4 Å². The molecule has 1 aromatic heterocycles. The number of hydrogen-bond acceptors (Lipinski definition) is 8. The van der Waals surface area contributed by atoms with E-state index < -0.39 is 16.5 Å². The summed E-state index contributed by atoms with van der Waals surface area (Å²) >= 11 is 2.72. The highest BCUT2D eigenvalue weighted by Gasteiger charge is 2.34. The van der Waals surface area contributed by atoms with Gasteiger partial charge in [-0.15, -0.1) is 29.7 Å². The fraction of sp³-hybridized carbons (Fsp3) is 0.600. The van der Waals surface area contributed by atoms with E-state index in [1.807, 2.05) is 6.92 Å². The lowest BCUT2D eigenvalue weighted by Gasteiger charge is -2.30. The first-order valence-electron chi connectivity index (χ1n) is 7.70. The average Bonchev–Trinajstić information content (AvgIpc) is 2.99. The van der Waals surface area contributed by atoms with Crippen molar-refractivity contribution in [1.82, 2.24) is 0 Å². The minimum Gasteiger partial charge on any atom is -0.376 e. The summed E-state index contributed by atoms with van der Waals surface area (Å²) in [6.07, 6.45) is 1.97. The number of methoxy groups -OCH3 is 1. The molecule has 0 saturated carbocycles. The number of sulfonamides is 1. The molecule has 1 aromatic rings. The standard InChI is InChI=1S/C15H23NO6S3/c1-4-6-20-9-10-7-12(22-15(19-3)21-5-2)11-8-13(25(16,17)18)24-14(11)23-10/h4,8,10,12,15H,1,5-7,9H2,2-3H3,(H2,16,17,18). The third-order valence-electron chi connectivity index (χ3n) is 3.39. The van der Waals surface area contributed by atoms with Gasteiger partial charge in [0.2, 0.25) is 10.0 Å². The van der Waals surface area contributed by atoms with Crippen LogP contribution in [-0.4, -0.2) is 47.1 Å². The van der Waals surface area contributed by atoms with Crippen molar-refractivity contribution in [2.45, 2.75) is 39.6 Å². The van der Waals surface area contributed by atoms with E-state index in [1.165, 1.54) is 7.11 Å². The molecular weight excluding hydrogens is 386 g/mol. The number of rotatable bonds is 10. The summed E-state index contributed by atoms with van der Waals surface area (Å²) in [5.41, 5.74) is 0.792. The van der Waals surface area contributed by atoms with E-state index in [9.17, 15) is 8.42 Å². The van der Waals surface area contributed by atoms with Gasteiger partial charge in [0.25, 0.3) is 6.48 Å². The molecule has 0 amide bonds. The predicted molar refractivity (Wildman–Crippen MR) is 97.2 cm³/mol. The predicted octanol–water partition coefficient (Wildman–Crippen LogP) is 2.49. The molecule has 0 aromatic carbocycles. The molecule has 0 fully saturated rings. The van der Waals surface area contributed by atoms with Crippen LogP contribution in [0.2, 0.25) is 0 Å². The number of thioether (sulfide) groups is 1. The molecule has 0 radical (unpaired) electrons. The molecule has 25 heavy (non-hydrogen) atoms. The molecule has 1 aliphatic heterocycles. The van der Waals surface area contributed by atoms with Crippen LogP contribution in [0.5, 0.6) is 0 Å². The van der Waals surface area contributed by atoms with Crippen LogP contribution >= 0.6 is 23.1 Å². The van der Waals surface area contributed by atoms with Gasteiger partial charge in [-0.2, -0.15) is 0 Å². The number of hydrogen-bond donors (Lipinski definition) is 1.